The molecule has 2 heterocycles. The van der Waals surface area contributed by atoms with Crippen molar-refractivity contribution in [3.8, 4) is 22.8 Å². The Morgan fingerprint density at radius 2 is 1.58 bits per heavy atom. The van der Waals surface area contributed by atoms with Crippen molar-refractivity contribution in [3.05, 3.63) is 53.9 Å². The van der Waals surface area contributed by atoms with E-state index in [0.29, 0.717) is 36.8 Å². The Morgan fingerprint density at radius 3 is 2.15 bits per heavy atom. The van der Waals surface area contributed by atoms with Gasteiger partial charge in [-0.05, 0) is 61.4 Å². The van der Waals surface area contributed by atoms with E-state index >= 15 is 0 Å². The molecule has 4 rings (SSSR count). The van der Waals surface area contributed by atoms with Crippen LogP contribution in [0.1, 0.15) is 12.8 Å². The van der Waals surface area contributed by atoms with E-state index in [4.69, 9.17) is 9.47 Å². The smallest absolute Gasteiger partial charge is 0.243 e. The van der Waals surface area contributed by atoms with Crippen LogP contribution in [0, 0.1) is 5.92 Å². The second-order valence-electron chi connectivity index (χ2n) is 7.61. The van der Waals surface area contributed by atoms with Crippen LogP contribution in [0.3, 0.4) is 0 Å². The summed E-state index contributed by atoms with van der Waals surface area (Å²) < 4.78 is 37.5. The molecule has 0 unspecified atom stereocenters. The molecule has 3 aromatic rings. The van der Waals surface area contributed by atoms with Crippen molar-refractivity contribution in [2.24, 2.45) is 5.92 Å². The van der Waals surface area contributed by atoms with E-state index in [-0.39, 0.29) is 16.7 Å². The molecule has 2 aromatic carbocycles. The van der Waals surface area contributed by atoms with Gasteiger partial charge in [-0.3, -0.25) is 4.79 Å². The number of rotatable bonds is 7. The largest absolute Gasteiger partial charge is 0.497 e. The number of hydrogen-bond donors (Lipinski definition) is 1. The summed E-state index contributed by atoms with van der Waals surface area (Å²) in [6, 6.07) is 13.9. The average molecular weight is 488 g/mol. The first-order chi connectivity index (χ1) is 15.9. The number of ether oxygens (including phenoxy) is 2. The number of amides is 1. The van der Waals surface area contributed by atoms with E-state index in [1.165, 1.54) is 34.9 Å². The van der Waals surface area contributed by atoms with Crippen molar-refractivity contribution in [2.45, 2.75) is 17.7 Å². The van der Waals surface area contributed by atoms with Gasteiger partial charge in [0, 0.05) is 30.0 Å². The summed E-state index contributed by atoms with van der Waals surface area (Å²) in [4.78, 5) is 17.5. The number of anilines is 1. The predicted octanol–water partition coefficient (Wildman–Crippen LogP) is 3.87. The van der Waals surface area contributed by atoms with Gasteiger partial charge in [0.1, 0.15) is 11.5 Å². The highest BCUT2D eigenvalue weighted by Gasteiger charge is 2.32. The number of carbonyl (C=O) groups excluding carboxylic acids is 1. The van der Waals surface area contributed by atoms with Crippen LogP contribution < -0.4 is 14.8 Å². The summed E-state index contributed by atoms with van der Waals surface area (Å²) in [6.45, 7) is 0.586. The third kappa shape index (κ3) is 5.18. The number of aromatic nitrogens is 1. The minimum atomic E-state index is -3.60. The molecule has 1 amide bonds. The highest BCUT2D eigenvalue weighted by Crippen LogP contribution is 2.29. The molecule has 1 aliphatic rings. The second kappa shape index (κ2) is 9.90. The molecule has 1 aliphatic heterocycles. The molecular formula is C23H25N3O5S2. The molecule has 0 radical (unpaired) electrons. The van der Waals surface area contributed by atoms with Crippen molar-refractivity contribution >= 4 is 32.4 Å². The fraction of sp³-hybridized carbons (Fsp3) is 0.304. The summed E-state index contributed by atoms with van der Waals surface area (Å²) in [5.74, 6) is 0.970. The average Bonchev–Trinajstić information content (AvgIpc) is 3.32. The molecule has 8 nitrogen and oxygen atoms in total. The number of benzene rings is 2. The van der Waals surface area contributed by atoms with Crippen LogP contribution in [0.2, 0.25) is 0 Å². The molecule has 10 heteroatoms. The lowest BCUT2D eigenvalue weighted by Crippen LogP contribution is -2.41. The maximum absolute atomic E-state index is 12.9. The number of carbonyl (C=O) groups is 1. The number of nitrogens with zero attached hydrogens (tertiary/aromatic N) is 2. The number of hydrogen-bond acceptors (Lipinski definition) is 7. The summed E-state index contributed by atoms with van der Waals surface area (Å²) in [5, 5.41) is 5.30. The SMILES string of the molecule is COc1ccc(-c2csc(NC(=O)C3CCN(S(=O)(=O)c4ccc(OC)cc4)CC3)n2)cc1. The molecule has 1 saturated heterocycles. The molecule has 0 saturated carbocycles. The first-order valence-corrected chi connectivity index (χ1v) is 12.8. The summed E-state index contributed by atoms with van der Waals surface area (Å²) in [5.41, 5.74) is 1.71. The first-order valence-electron chi connectivity index (χ1n) is 10.5. The van der Waals surface area contributed by atoms with Crippen LogP contribution >= 0.6 is 11.3 Å². The molecule has 1 N–H and O–H groups in total. The van der Waals surface area contributed by atoms with Gasteiger partial charge < -0.3 is 14.8 Å². The van der Waals surface area contributed by atoms with Gasteiger partial charge in [0.05, 0.1) is 24.8 Å². The summed E-state index contributed by atoms with van der Waals surface area (Å²) in [7, 11) is -0.452. The Hall–Kier alpha value is -2.95. The lowest BCUT2D eigenvalue weighted by molar-refractivity contribution is -0.120. The third-order valence-corrected chi connectivity index (χ3v) is 8.31. The van der Waals surface area contributed by atoms with Crippen LogP contribution in [-0.2, 0) is 14.8 Å². The van der Waals surface area contributed by atoms with E-state index in [1.807, 2.05) is 29.6 Å². The fourth-order valence-electron chi connectivity index (χ4n) is 3.69. The van der Waals surface area contributed by atoms with Crippen molar-refractivity contribution in [1.82, 2.24) is 9.29 Å². The number of piperidine rings is 1. The van der Waals surface area contributed by atoms with Gasteiger partial charge in [0.25, 0.3) is 0 Å². The summed E-state index contributed by atoms with van der Waals surface area (Å²) in [6.07, 6.45) is 0.913. The standard InChI is InChI=1S/C23H25N3O5S2/c1-30-18-5-3-16(4-6-18)21-15-32-23(24-21)25-22(27)17-11-13-26(14-12-17)33(28,29)20-9-7-19(31-2)8-10-20/h3-10,15,17H,11-14H2,1-2H3,(H,24,25,27). The number of sulfonamides is 1. The Morgan fingerprint density at radius 1 is 1.00 bits per heavy atom. The van der Waals surface area contributed by atoms with Gasteiger partial charge in [0.2, 0.25) is 15.9 Å². The molecule has 0 spiro atoms. The maximum atomic E-state index is 12.9. The zero-order chi connectivity index (χ0) is 23.4. The third-order valence-electron chi connectivity index (χ3n) is 5.64. The Balaban J connectivity index is 1.34. The maximum Gasteiger partial charge on any atom is 0.243 e. The van der Waals surface area contributed by atoms with Crippen LogP contribution in [0.25, 0.3) is 11.3 Å². The van der Waals surface area contributed by atoms with E-state index < -0.39 is 10.0 Å². The molecule has 0 atom stereocenters. The van der Waals surface area contributed by atoms with Gasteiger partial charge in [0.15, 0.2) is 5.13 Å². The van der Waals surface area contributed by atoms with Crippen LogP contribution in [-0.4, -0.2) is 50.9 Å². The Kier molecular flexibility index (Phi) is 6.96. The van der Waals surface area contributed by atoms with Crippen LogP contribution in [0.5, 0.6) is 11.5 Å². The normalized spacial score (nSPS) is 15.2. The van der Waals surface area contributed by atoms with Crippen molar-refractivity contribution < 1.29 is 22.7 Å². The lowest BCUT2D eigenvalue weighted by Gasteiger charge is -2.30. The molecule has 1 aromatic heterocycles. The quantitative estimate of drug-likeness (QED) is 0.543. The molecular weight excluding hydrogens is 462 g/mol. The Bertz CT molecular complexity index is 1200. The van der Waals surface area contributed by atoms with E-state index in [1.54, 1.807) is 19.2 Å². The lowest BCUT2D eigenvalue weighted by atomic mass is 9.97. The number of methoxy groups -OCH3 is 2. The Labute approximate surface area is 197 Å². The van der Waals surface area contributed by atoms with Gasteiger partial charge >= 0.3 is 0 Å². The molecule has 0 aliphatic carbocycles. The van der Waals surface area contributed by atoms with E-state index in [9.17, 15) is 13.2 Å². The van der Waals surface area contributed by atoms with Crippen molar-refractivity contribution in [2.75, 3.05) is 32.6 Å². The van der Waals surface area contributed by atoms with Gasteiger partial charge in [-0.15, -0.1) is 11.3 Å². The van der Waals surface area contributed by atoms with Gasteiger partial charge in [-0.2, -0.15) is 4.31 Å². The van der Waals surface area contributed by atoms with E-state index in [2.05, 4.69) is 10.3 Å². The highest BCUT2D eigenvalue weighted by molar-refractivity contribution is 7.89. The minimum absolute atomic E-state index is 0.132. The predicted molar refractivity (Wildman–Crippen MR) is 127 cm³/mol. The monoisotopic (exact) mass is 487 g/mol. The zero-order valence-corrected chi connectivity index (χ0v) is 20.0. The minimum Gasteiger partial charge on any atom is -0.497 e. The van der Waals surface area contributed by atoms with Crippen LogP contribution in [0.15, 0.2) is 58.8 Å². The van der Waals surface area contributed by atoms with Crippen LogP contribution in [0.4, 0.5) is 5.13 Å². The number of thiazole rings is 1. The molecule has 1 fully saturated rings. The molecule has 174 valence electrons. The van der Waals surface area contributed by atoms with Crippen molar-refractivity contribution in [1.29, 1.82) is 0 Å². The molecule has 0 bridgehead atoms. The van der Waals surface area contributed by atoms with Crippen molar-refractivity contribution in [3.63, 3.8) is 0 Å². The summed E-state index contributed by atoms with van der Waals surface area (Å²) >= 11 is 1.36. The first kappa shape index (κ1) is 23.2. The zero-order valence-electron chi connectivity index (χ0n) is 18.4. The van der Waals surface area contributed by atoms with Gasteiger partial charge in [-0.25, -0.2) is 13.4 Å². The molecule has 33 heavy (non-hydrogen) atoms. The van der Waals surface area contributed by atoms with Gasteiger partial charge in [-0.1, -0.05) is 0 Å². The number of nitrogens with one attached hydrogen (secondary N) is 1. The second-order valence-corrected chi connectivity index (χ2v) is 10.4. The highest BCUT2D eigenvalue weighted by atomic mass is 32.2. The fourth-order valence-corrected chi connectivity index (χ4v) is 5.88. The topological polar surface area (TPSA) is 97.8 Å². The van der Waals surface area contributed by atoms with E-state index in [0.717, 1.165) is 17.0 Å².